The molecule has 0 aliphatic heterocycles. The van der Waals surface area contributed by atoms with Crippen LogP contribution in [0.15, 0.2) is 11.6 Å². The lowest BCUT2D eigenvalue weighted by atomic mass is 9.47. The van der Waals surface area contributed by atoms with Crippen molar-refractivity contribution in [3.05, 3.63) is 11.6 Å². The van der Waals surface area contributed by atoms with E-state index in [9.17, 15) is 9.59 Å². The zero-order valence-corrected chi connectivity index (χ0v) is 20.2. The van der Waals surface area contributed by atoms with Crippen molar-refractivity contribution in [1.82, 2.24) is 0 Å². The standard InChI is InChI=1S/C27H42O4/c1-17(6-11-25(29)30-5)22-9-10-23-21-8-7-19-16-20(31-18(2)28)12-14-26(19,3)24(21)13-15-27(22,23)4/h7,17,20-24H,6,8-16H2,1-5H3/t17-,20+,21-,22-,23-,24-,26+,27-/m1/s1. The third kappa shape index (κ3) is 3.97. The topological polar surface area (TPSA) is 52.6 Å². The lowest BCUT2D eigenvalue weighted by Crippen LogP contribution is -2.51. The van der Waals surface area contributed by atoms with Crippen LogP contribution in [0.4, 0.5) is 0 Å². The molecule has 4 rings (SSSR count). The summed E-state index contributed by atoms with van der Waals surface area (Å²) in [6, 6.07) is 0. The zero-order chi connectivity index (χ0) is 22.4. The summed E-state index contributed by atoms with van der Waals surface area (Å²) in [6.07, 6.45) is 13.7. The number of rotatable bonds is 5. The molecule has 0 aromatic rings. The molecule has 3 saturated carbocycles. The van der Waals surface area contributed by atoms with Crippen molar-refractivity contribution in [3.8, 4) is 0 Å². The van der Waals surface area contributed by atoms with Crippen LogP contribution in [-0.4, -0.2) is 25.2 Å². The number of hydrogen-bond acceptors (Lipinski definition) is 4. The minimum absolute atomic E-state index is 0.0718. The van der Waals surface area contributed by atoms with E-state index in [2.05, 4.69) is 26.8 Å². The molecule has 0 unspecified atom stereocenters. The molecule has 0 aromatic carbocycles. The van der Waals surface area contributed by atoms with E-state index in [1.54, 1.807) is 5.57 Å². The Morgan fingerprint density at radius 2 is 1.90 bits per heavy atom. The van der Waals surface area contributed by atoms with E-state index >= 15 is 0 Å². The Bertz CT molecular complexity index is 742. The molecule has 4 aliphatic carbocycles. The number of fused-ring (bicyclic) bond motifs is 5. The van der Waals surface area contributed by atoms with Crippen molar-refractivity contribution in [2.45, 2.75) is 98.0 Å². The number of hydrogen-bond donors (Lipinski definition) is 0. The van der Waals surface area contributed by atoms with Crippen LogP contribution in [0.5, 0.6) is 0 Å². The zero-order valence-electron chi connectivity index (χ0n) is 20.2. The molecule has 0 bridgehead atoms. The Kier molecular flexibility index (Phi) is 6.31. The Morgan fingerprint density at radius 3 is 2.61 bits per heavy atom. The second-order valence-electron chi connectivity index (χ2n) is 11.6. The molecule has 0 radical (unpaired) electrons. The molecule has 0 saturated heterocycles. The van der Waals surface area contributed by atoms with E-state index in [1.807, 2.05) is 0 Å². The van der Waals surface area contributed by atoms with Gasteiger partial charge >= 0.3 is 11.9 Å². The van der Waals surface area contributed by atoms with Crippen molar-refractivity contribution in [3.63, 3.8) is 0 Å². The molecule has 4 heteroatoms. The average Bonchev–Trinajstić information content (AvgIpc) is 3.09. The molecule has 8 atom stereocenters. The lowest BCUT2D eigenvalue weighted by Gasteiger charge is -2.58. The normalized spacial score (nSPS) is 42.5. The van der Waals surface area contributed by atoms with E-state index in [0.717, 1.165) is 49.4 Å². The third-order valence-corrected chi connectivity index (χ3v) is 10.2. The highest BCUT2D eigenvalue weighted by atomic mass is 16.5. The van der Waals surface area contributed by atoms with Gasteiger partial charge in [-0.3, -0.25) is 9.59 Å². The Balaban J connectivity index is 1.48. The van der Waals surface area contributed by atoms with Crippen LogP contribution >= 0.6 is 0 Å². The Morgan fingerprint density at radius 1 is 1.13 bits per heavy atom. The molecule has 4 nitrogen and oxygen atoms in total. The molecular formula is C27H42O4. The molecule has 0 heterocycles. The molecule has 0 aromatic heterocycles. The number of esters is 2. The fourth-order valence-electron chi connectivity index (χ4n) is 8.59. The summed E-state index contributed by atoms with van der Waals surface area (Å²) < 4.78 is 10.5. The first kappa shape index (κ1) is 22.9. The minimum atomic E-state index is -0.144. The number of ether oxygens (including phenoxy) is 2. The van der Waals surface area contributed by atoms with Gasteiger partial charge in [-0.25, -0.2) is 0 Å². The molecule has 174 valence electrons. The van der Waals surface area contributed by atoms with Crippen molar-refractivity contribution in [1.29, 1.82) is 0 Å². The van der Waals surface area contributed by atoms with E-state index < -0.39 is 0 Å². The third-order valence-electron chi connectivity index (χ3n) is 10.2. The number of carbonyl (C=O) groups excluding carboxylic acids is 2. The van der Waals surface area contributed by atoms with E-state index in [1.165, 1.54) is 46.1 Å². The van der Waals surface area contributed by atoms with Gasteiger partial charge in [0.25, 0.3) is 0 Å². The molecule has 0 amide bonds. The van der Waals surface area contributed by atoms with Gasteiger partial charge in [0.05, 0.1) is 7.11 Å². The maximum atomic E-state index is 11.7. The first-order chi connectivity index (χ1) is 14.7. The van der Waals surface area contributed by atoms with Crippen LogP contribution in [-0.2, 0) is 19.1 Å². The van der Waals surface area contributed by atoms with Crippen LogP contribution in [0.25, 0.3) is 0 Å². The average molecular weight is 431 g/mol. The van der Waals surface area contributed by atoms with Gasteiger partial charge in [0.1, 0.15) is 6.10 Å². The van der Waals surface area contributed by atoms with Crippen LogP contribution in [0.2, 0.25) is 0 Å². The predicted molar refractivity (Wildman–Crippen MR) is 121 cm³/mol. The van der Waals surface area contributed by atoms with Gasteiger partial charge in [-0.2, -0.15) is 0 Å². The minimum Gasteiger partial charge on any atom is -0.469 e. The largest absolute Gasteiger partial charge is 0.469 e. The Hall–Kier alpha value is -1.32. The van der Waals surface area contributed by atoms with Crippen LogP contribution in [0.3, 0.4) is 0 Å². The van der Waals surface area contributed by atoms with Gasteiger partial charge in [-0.1, -0.05) is 32.4 Å². The van der Waals surface area contributed by atoms with Crippen LogP contribution < -0.4 is 0 Å². The smallest absolute Gasteiger partial charge is 0.305 e. The monoisotopic (exact) mass is 430 g/mol. The van der Waals surface area contributed by atoms with Gasteiger partial charge in [0.15, 0.2) is 0 Å². The highest BCUT2D eigenvalue weighted by molar-refractivity contribution is 5.69. The number of methoxy groups -OCH3 is 1. The summed E-state index contributed by atoms with van der Waals surface area (Å²) in [5, 5.41) is 0. The van der Waals surface area contributed by atoms with Gasteiger partial charge in [0.2, 0.25) is 0 Å². The fourth-order valence-corrected chi connectivity index (χ4v) is 8.59. The number of carbonyl (C=O) groups is 2. The van der Waals surface area contributed by atoms with E-state index in [-0.39, 0.29) is 23.5 Å². The van der Waals surface area contributed by atoms with E-state index in [0.29, 0.717) is 17.8 Å². The molecule has 3 fully saturated rings. The molecule has 4 aliphatic rings. The molecule has 0 N–H and O–H groups in total. The summed E-state index contributed by atoms with van der Waals surface area (Å²) in [7, 11) is 1.49. The quantitative estimate of drug-likeness (QED) is 0.391. The SMILES string of the molecule is COC(=O)CC[C@@H](C)[C@H]1CC[C@@H]2[C@H]3CC=C4C[C@@H](OC(C)=O)CC[C@]4(C)[C@@H]3CC[C@@]21C. The first-order valence-corrected chi connectivity index (χ1v) is 12.6. The van der Waals surface area contributed by atoms with Crippen LogP contribution in [0.1, 0.15) is 91.9 Å². The molecule has 0 spiro atoms. The van der Waals surface area contributed by atoms with Gasteiger partial charge in [-0.15, -0.1) is 0 Å². The molecular weight excluding hydrogens is 388 g/mol. The summed E-state index contributed by atoms with van der Waals surface area (Å²) in [5.41, 5.74) is 2.26. The highest BCUT2D eigenvalue weighted by Crippen LogP contribution is 2.67. The van der Waals surface area contributed by atoms with Crippen LogP contribution in [0, 0.1) is 40.4 Å². The maximum Gasteiger partial charge on any atom is 0.305 e. The second-order valence-corrected chi connectivity index (χ2v) is 11.6. The van der Waals surface area contributed by atoms with E-state index in [4.69, 9.17) is 9.47 Å². The second kappa shape index (κ2) is 8.56. The van der Waals surface area contributed by atoms with Gasteiger partial charge in [-0.05, 0) is 91.8 Å². The molecule has 31 heavy (non-hydrogen) atoms. The van der Waals surface area contributed by atoms with Crippen molar-refractivity contribution < 1.29 is 19.1 Å². The van der Waals surface area contributed by atoms with Crippen molar-refractivity contribution in [2.75, 3.05) is 7.11 Å². The van der Waals surface area contributed by atoms with Gasteiger partial charge < -0.3 is 9.47 Å². The predicted octanol–water partition coefficient (Wildman–Crippen LogP) is 6.09. The summed E-state index contributed by atoms with van der Waals surface area (Å²) in [6.45, 7) is 8.97. The van der Waals surface area contributed by atoms with Gasteiger partial charge in [0, 0.05) is 19.8 Å². The summed E-state index contributed by atoms with van der Waals surface area (Å²) >= 11 is 0. The van der Waals surface area contributed by atoms with Crippen molar-refractivity contribution >= 4 is 11.9 Å². The first-order valence-electron chi connectivity index (χ1n) is 12.6. The Labute approximate surface area is 188 Å². The fraction of sp³-hybridized carbons (Fsp3) is 0.852. The highest BCUT2D eigenvalue weighted by Gasteiger charge is 2.59. The summed E-state index contributed by atoms with van der Waals surface area (Å²) in [5.74, 6) is 3.45. The number of allylic oxidation sites excluding steroid dienone is 1. The summed E-state index contributed by atoms with van der Waals surface area (Å²) in [4.78, 5) is 23.1. The maximum absolute atomic E-state index is 11.7. The van der Waals surface area contributed by atoms with Crippen molar-refractivity contribution in [2.24, 2.45) is 40.4 Å². The lowest BCUT2D eigenvalue weighted by molar-refractivity contribution is -0.148.